The quantitative estimate of drug-likeness (QED) is 0.680. The average Bonchev–Trinajstić information content (AvgIpc) is 2.97. The van der Waals surface area contributed by atoms with Crippen molar-refractivity contribution in [2.75, 3.05) is 6.61 Å². The van der Waals surface area contributed by atoms with Crippen molar-refractivity contribution in [1.29, 1.82) is 0 Å². The van der Waals surface area contributed by atoms with Gasteiger partial charge >= 0.3 is 5.97 Å². The van der Waals surface area contributed by atoms with Crippen molar-refractivity contribution in [2.45, 2.75) is 38.8 Å². The molecule has 0 spiro atoms. The van der Waals surface area contributed by atoms with Gasteiger partial charge in [-0.1, -0.05) is 67.6 Å². The normalized spacial score (nSPS) is 18.6. The van der Waals surface area contributed by atoms with Gasteiger partial charge in [0.15, 0.2) is 5.60 Å². The first kappa shape index (κ1) is 21.5. The summed E-state index contributed by atoms with van der Waals surface area (Å²) in [4.78, 5) is 40.0. The van der Waals surface area contributed by atoms with Crippen LogP contribution in [0.4, 0.5) is 0 Å². The predicted molar refractivity (Wildman–Crippen MR) is 112 cm³/mol. The van der Waals surface area contributed by atoms with E-state index in [0.717, 1.165) is 5.56 Å². The number of esters is 1. The summed E-state index contributed by atoms with van der Waals surface area (Å²) in [6, 6.07) is 18.2. The Labute approximate surface area is 175 Å². The largest absolute Gasteiger partial charge is 0.462 e. The number of Topliss-reactive ketones (excluding diaryl/α,β-unsaturated/α-hetero) is 1. The Morgan fingerprint density at radius 2 is 1.60 bits per heavy atom. The van der Waals surface area contributed by atoms with E-state index in [2.05, 4.69) is 0 Å². The Kier molecular flexibility index (Phi) is 6.47. The molecule has 0 saturated heterocycles. The SMILES string of the molecule is CCOC(=O)C1=C(c2ccccc2)N(Cc2ccccc2)C(=O)C1(O)CC(=O)CC. The van der Waals surface area contributed by atoms with Crippen molar-refractivity contribution in [3.8, 4) is 0 Å². The molecular formula is C24H25NO5. The highest BCUT2D eigenvalue weighted by Crippen LogP contribution is 2.42. The molecule has 156 valence electrons. The summed E-state index contributed by atoms with van der Waals surface area (Å²) in [5.74, 6) is -1.82. The standard InChI is InChI=1S/C24H25NO5/c1-3-19(26)15-24(29)20(22(27)30-4-2)21(18-13-9-6-10-14-18)25(23(24)28)16-17-11-7-5-8-12-17/h5-14,29H,3-4,15-16H2,1-2H3. The molecule has 0 bridgehead atoms. The van der Waals surface area contributed by atoms with E-state index >= 15 is 0 Å². The van der Waals surface area contributed by atoms with Crippen LogP contribution in [0.25, 0.3) is 5.70 Å². The molecule has 1 heterocycles. The summed E-state index contributed by atoms with van der Waals surface area (Å²) in [5.41, 5.74) is -0.759. The van der Waals surface area contributed by atoms with Crippen LogP contribution in [0.2, 0.25) is 0 Å². The molecule has 0 aromatic heterocycles. The molecule has 30 heavy (non-hydrogen) atoms. The van der Waals surface area contributed by atoms with Crippen molar-refractivity contribution in [2.24, 2.45) is 0 Å². The van der Waals surface area contributed by atoms with E-state index in [9.17, 15) is 19.5 Å². The third kappa shape index (κ3) is 4.04. The lowest BCUT2D eigenvalue weighted by molar-refractivity contribution is -0.150. The van der Waals surface area contributed by atoms with Crippen LogP contribution in [0, 0.1) is 0 Å². The molecular weight excluding hydrogens is 382 g/mol. The van der Waals surface area contributed by atoms with E-state index in [4.69, 9.17) is 4.74 Å². The fourth-order valence-electron chi connectivity index (χ4n) is 3.62. The van der Waals surface area contributed by atoms with Crippen molar-refractivity contribution in [3.05, 3.63) is 77.4 Å². The Bertz CT molecular complexity index is 968. The maximum Gasteiger partial charge on any atom is 0.339 e. The smallest absolute Gasteiger partial charge is 0.339 e. The zero-order valence-electron chi connectivity index (χ0n) is 17.1. The van der Waals surface area contributed by atoms with E-state index in [-0.39, 0.29) is 36.6 Å². The fourth-order valence-corrected chi connectivity index (χ4v) is 3.62. The summed E-state index contributed by atoms with van der Waals surface area (Å²) in [5, 5.41) is 11.4. The van der Waals surface area contributed by atoms with Crippen LogP contribution >= 0.6 is 0 Å². The molecule has 6 nitrogen and oxygen atoms in total. The molecule has 1 atom stereocenters. The molecule has 1 N–H and O–H groups in total. The van der Waals surface area contributed by atoms with Gasteiger partial charge in [-0.15, -0.1) is 0 Å². The van der Waals surface area contributed by atoms with Gasteiger partial charge in [0.1, 0.15) is 11.4 Å². The summed E-state index contributed by atoms with van der Waals surface area (Å²) in [6.07, 6.45) is -0.330. The lowest BCUT2D eigenvalue weighted by Gasteiger charge is -2.24. The van der Waals surface area contributed by atoms with E-state index in [0.29, 0.717) is 5.56 Å². The summed E-state index contributed by atoms with van der Waals surface area (Å²) in [6.45, 7) is 3.53. The molecule has 1 amide bonds. The lowest BCUT2D eigenvalue weighted by atomic mass is 9.87. The minimum absolute atomic E-state index is 0.0785. The summed E-state index contributed by atoms with van der Waals surface area (Å²) in [7, 11) is 0. The van der Waals surface area contributed by atoms with Crippen LogP contribution in [-0.4, -0.2) is 39.9 Å². The van der Waals surface area contributed by atoms with Gasteiger partial charge in [-0.05, 0) is 18.1 Å². The van der Waals surface area contributed by atoms with Gasteiger partial charge in [-0.3, -0.25) is 9.59 Å². The molecule has 1 aliphatic heterocycles. The third-order valence-corrected chi connectivity index (χ3v) is 5.08. The molecule has 0 saturated carbocycles. The maximum atomic E-state index is 13.5. The highest BCUT2D eigenvalue weighted by Gasteiger charge is 2.55. The van der Waals surface area contributed by atoms with Crippen molar-refractivity contribution < 1.29 is 24.2 Å². The maximum absolute atomic E-state index is 13.5. The first-order chi connectivity index (χ1) is 14.4. The number of carbonyl (C=O) groups is 3. The van der Waals surface area contributed by atoms with Crippen molar-refractivity contribution in [1.82, 2.24) is 4.90 Å². The number of hydrogen-bond acceptors (Lipinski definition) is 5. The summed E-state index contributed by atoms with van der Waals surface area (Å²) < 4.78 is 5.19. The average molecular weight is 407 g/mol. The molecule has 2 aromatic rings. The first-order valence-electron chi connectivity index (χ1n) is 9.99. The fraction of sp³-hybridized carbons (Fsp3) is 0.292. The molecule has 6 heteroatoms. The van der Waals surface area contributed by atoms with Gasteiger partial charge in [-0.2, -0.15) is 0 Å². The number of carbonyl (C=O) groups excluding carboxylic acids is 3. The minimum atomic E-state index is -2.26. The first-order valence-corrected chi connectivity index (χ1v) is 9.99. The molecule has 1 unspecified atom stereocenters. The monoisotopic (exact) mass is 407 g/mol. The Morgan fingerprint density at radius 3 is 2.17 bits per heavy atom. The van der Waals surface area contributed by atoms with E-state index in [1.54, 1.807) is 38.1 Å². The second kappa shape index (κ2) is 9.05. The van der Waals surface area contributed by atoms with E-state index in [1.807, 2.05) is 36.4 Å². The Morgan fingerprint density at radius 1 is 1.00 bits per heavy atom. The van der Waals surface area contributed by atoms with Gasteiger partial charge in [0.2, 0.25) is 0 Å². The molecule has 0 radical (unpaired) electrons. The topological polar surface area (TPSA) is 83.9 Å². The predicted octanol–water partition coefficient (Wildman–Crippen LogP) is 3.10. The van der Waals surface area contributed by atoms with E-state index in [1.165, 1.54) is 4.90 Å². The lowest BCUT2D eigenvalue weighted by Crippen LogP contribution is -2.46. The number of ketones is 1. The van der Waals surface area contributed by atoms with Crippen LogP contribution in [-0.2, 0) is 25.7 Å². The van der Waals surface area contributed by atoms with Crippen LogP contribution in [0.3, 0.4) is 0 Å². The van der Waals surface area contributed by atoms with Gasteiger partial charge in [0.25, 0.3) is 5.91 Å². The number of amides is 1. The zero-order chi connectivity index (χ0) is 21.7. The highest BCUT2D eigenvalue weighted by atomic mass is 16.5. The Hall–Kier alpha value is -3.25. The van der Waals surface area contributed by atoms with Gasteiger partial charge in [-0.25, -0.2) is 4.79 Å². The zero-order valence-corrected chi connectivity index (χ0v) is 17.1. The second-order valence-electron chi connectivity index (χ2n) is 7.12. The van der Waals surface area contributed by atoms with Crippen LogP contribution < -0.4 is 0 Å². The second-order valence-corrected chi connectivity index (χ2v) is 7.12. The number of ether oxygens (including phenoxy) is 1. The van der Waals surface area contributed by atoms with Gasteiger partial charge < -0.3 is 14.7 Å². The summed E-state index contributed by atoms with van der Waals surface area (Å²) >= 11 is 0. The molecule has 0 aliphatic carbocycles. The van der Waals surface area contributed by atoms with E-state index < -0.39 is 23.9 Å². The number of hydrogen-bond donors (Lipinski definition) is 1. The number of nitrogens with zero attached hydrogens (tertiary/aromatic N) is 1. The Balaban J connectivity index is 2.21. The molecule has 0 fully saturated rings. The van der Waals surface area contributed by atoms with Gasteiger partial charge in [0.05, 0.1) is 18.8 Å². The third-order valence-electron chi connectivity index (χ3n) is 5.08. The number of benzene rings is 2. The molecule has 1 aliphatic rings. The van der Waals surface area contributed by atoms with Crippen LogP contribution in [0.15, 0.2) is 66.2 Å². The van der Waals surface area contributed by atoms with Crippen molar-refractivity contribution >= 4 is 23.4 Å². The minimum Gasteiger partial charge on any atom is -0.462 e. The number of rotatable bonds is 8. The molecule has 2 aromatic carbocycles. The van der Waals surface area contributed by atoms with Gasteiger partial charge in [0, 0.05) is 12.8 Å². The molecule has 3 rings (SSSR count). The van der Waals surface area contributed by atoms with Crippen molar-refractivity contribution in [3.63, 3.8) is 0 Å². The van der Waals surface area contributed by atoms with Crippen LogP contribution in [0.1, 0.15) is 37.8 Å². The highest BCUT2D eigenvalue weighted by molar-refractivity contribution is 6.16. The van der Waals surface area contributed by atoms with Crippen LogP contribution in [0.5, 0.6) is 0 Å². The number of aliphatic hydroxyl groups is 1.